The summed E-state index contributed by atoms with van der Waals surface area (Å²) in [4.78, 5) is 72.4. The monoisotopic (exact) mass is 574 g/mol. The Balaban J connectivity index is 1.84. The number of nitrogens with one attached hydrogen (secondary N) is 5. The molecule has 1 fully saturated rings. The summed E-state index contributed by atoms with van der Waals surface area (Å²) in [6.07, 6.45) is 5.78. The Morgan fingerprint density at radius 1 is 1.00 bits per heavy atom. The number of aromatic hydroxyl groups is 1. The molecule has 2 rings (SSSR count). The predicted molar refractivity (Wildman–Crippen MR) is 153 cm³/mol. The molecule has 1 aliphatic rings. The molecule has 226 valence electrons. The van der Waals surface area contributed by atoms with Crippen LogP contribution in [0.5, 0.6) is 6.01 Å². The molecular weight excluding hydrogens is 531 g/mol. The van der Waals surface area contributed by atoms with Gasteiger partial charge in [-0.3, -0.25) is 24.0 Å². The van der Waals surface area contributed by atoms with Crippen molar-refractivity contribution in [3.05, 3.63) is 18.0 Å². The minimum absolute atomic E-state index is 0.181. The van der Waals surface area contributed by atoms with Crippen LogP contribution in [-0.4, -0.2) is 109 Å². The topological polar surface area (TPSA) is 195 Å². The molecule has 0 unspecified atom stereocenters. The number of carbonyl (C=O) groups is 5. The van der Waals surface area contributed by atoms with E-state index in [4.69, 9.17) is 5.11 Å². The van der Waals surface area contributed by atoms with E-state index in [1.165, 1.54) is 12.4 Å². The van der Waals surface area contributed by atoms with Crippen molar-refractivity contribution in [1.29, 1.82) is 0 Å². The SMILES string of the molecule is BCNC(=O)CNC(=O)C1(NC(=O)[C@@H](NC(=O)CCCCCNC(=O)c2cnc(O)nc2)C(C)C)CCN(C)CC1. The Bertz CT molecular complexity index is 1050. The number of rotatable bonds is 15. The van der Waals surface area contributed by atoms with Crippen LogP contribution in [0.3, 0.4) is 0 Å². The van der Waals surface area contributed by atoms with Crippen LogP contribution in [-0.2, 0) is 19.2 Å². The number of nitrogens with zero attached hydrogens (tertiary/aromatic N) is 3. The fraction of sp³-hybridized carbons (Fsp3) is 0.654. The van der Waals surface area contributed by atoms with Crippen molar-refractivity contribution in [3.63, 3.8) is 0 Å². The second kappa shape index (κ2) is 16.5. The van der Waals surface area contributed by atoms with Gasteiger partial charge in [0.25, 0.3) is 5.91 Å². The third-order valence-electron chi connectivity index (χ3n) is 6.95. The minimum atomic E-state index is -1.18. The van der Waals surface area contributed by atoms with E-state index in [0.717, 1.165) is 0 Å². The summed E-state index contributed by atoms with van der Waals surface area (Å²) in [6, 6.07) is -1.24. The van der Waals surface area contributed by atoms with Crippen LogP contribution >= 0.6 is 0 Å². The van der Waals surface area contributed by atoms with E-state index >= 15 is 0 Å². The lowest BCUT2D eigenvalue weighted by Gasteiger charge is -2.41. The molecule has 15 heteroatoms. The highest BCUT2D eigenvalue weighted by molar-refractivity contribution is 6.10. The van der Waals surface area contributed by atoms with E-state index in [0.29, 0.717) is 58.2 Å². The molecule has 1 aromatic rings. The van der Waals surface area contributed by atoms with E-state index in [1.54, 1.807) is 7.85 Å². The van der Waals surface area contributed by atoms with Crippen molar-refractivity contribution in [1.82, 2.24) is 41.5 Å². The zero-order valence-corrected chi connectivity index (χ0v) is 24.4. The highest BCUT2D eigenvalue weighted by Crippen LogP contribution is 2.23. The van der Waals surface area contributed by atoms with Crippen molar-refractivity contribution in [2.75, 3.05) is 39.7 Å². The van der Waals surface area contributed by atoms with Gasteiger partial charge in [0.05, 0.1) is 12.1 Å². The van der Waals surface area contributed by atoms with Crippen molar-refractivity contribution in [3.8, 4) is 6.01 Å². The average molecular weight is 574 g/mol. The summed E-state index contributed by atoms with van der Waals surface area (Å²) in [5, 5.41) is 22.9. The Morgan fingerprint density at radius 2 is 1.66 bits per heavy atom. The van der Waals surface area contributed by atoms with Crippen LogP contribution in [0.15, 0.2) is 12.4 Å². The summed E-state index contributed by atoms with van der Waals surface area (Å²) in [7, 11) is 3.73. The summed E-state index contributed by atoms with van der Waals surface area (Å²) in [6.45, 7) is 5.05. The van der Waals surface area contributed by atoms with Crippen molar-refractivity contribution < 1.29 is 29.1 Å². The van der Waals surface area contributed by atoms with Gasteiger partial charge in [-0.1, -0.05) is 20.3 Å². The van der Waals surface area contributed by atoms with Crippen LogP contribution in [0.1, 0.15) is 62.7 Å². The number of piperidine rings is 1. The summed E-state index contributed by atoms with van der Waals surface area (Å²) < 4.78 is 0. The van der Waals surface area contributed by atoms with Crippen molar-refractivity contribution in [2.45, 2.75) is 64.0 Å². The Hall–Kier alpha value is -3.75. The predicted octanol–water partition coefficient (Wildman–Crippen LogP) is -1.98. The van der Waals surface area contributed by atoms with Crippen molar-refractivity contribution in [2.24, 2.45) is 5.92 Å². The first kappa shape index (κ1) is 33.5. The van der Waals surface area contributed by atoms with Gasteiger partial charge in [-0.05, 0) is 45.1 Å². The zero-order chi connectivity index (χ0) is 30.4. The fourth-order valence-electron chi connectivity index (χ4n) is 4.42. The number of amides is 5. The molecule has 14 nitrogen and oxygen atoms in total. The maximum atomic E-state index is 13.4. The van der Waals surface area contributed by atoms with Gasteiger partial charge in [0, 0.05) is 38.4 Å². The third kappa shape index (κ3) is 11.0. The largest absolute Gasteiger partial charge is 0.479 e. The van der Waals surface area contributed by atoms with Gasteiger partial charge in [-0.15, -0.1) is 0 Å². The lowest BCUT2D eigenvalue weighted by molar-refractivity contribution is -0.138. The molecule has 1 aliphatic heterocycles. The molecule has 1 aromatic heterocycles. The second-order valence-electron chi connectivity index (χ2n) is 10.6. The maximum Gasteiger partial charge on any atom is 0.313 e. The quantitative estimate of drug-likeness (QED) is 0.102. The summed E-state index contributed by atoms with van der Waals surface area (Å²) in [5.74, 6) is -2.01. The summed E-state index contributed by atoms with van der Waals surface area (Å²) in [5.41, 5.74) is -0.938. The zero-order valence-electron chi connectivity index (χ0n) is 24.4. The molecule has 0 radical (unpaired) electrons. The van der Waals surface area contributed by atoms with Crippen LogP contribution in [0.2, 0.25) is 0 Å². The van der Waals surface area contributed by atoms with E-state index in [1.807, 2.05) is 20.9 Å². The summed E-state index contributed by atoms with van der Waals surface area (Å²) >= 11 is 0. The normalized spacial score (nSPS) is 15.4. The smallest absolute Gasteiger partial charge is 0.313 e. The van der Waals surface area contributed by atoms with Crippen molar-refractivity contribution >= 4 is 37.4 Å². The Kier molecular flexibility index (Phi) is 13.5. The number of unbranched alkanes of at least 4 members (excludes halogenated alkanes) is 2. The molecule has 5 amide bonds. The molecule has 41 heavy (non-hydrogen) atoms. The molecule has 0 aliphatic carbocycles. The molecule has 0 spiro atoms. The first-order chi connectivity index (χ1) is 19.5. The number of aromatic nitrogens is 2. The molecule has 0 aromatic carbocycles. The minimum Gasteiger partial charge on any atom is -0.479 e. The standard InChI is InChI=1S/C26H43BN8O6/c1-17(2)21(33-19(36)7-5-4-6-10-28-22(38)18-13-30-25(41)31-14-18)23(39)34-26(8-11-35(3)12-9-26)24(40)29-15-20(37)32-16-27/h13-14,17,21H,4-12,15-16,27H2,1-3H3,(H,28,38)(H,29,40)(H,32,37)(H,33,36)(H,34,39)(H,30,31,41)/t21-/m0/s1. The molecule has 1 saturated heterocycles. The first-order valence-electron chi connectivity index (χ1n) is 14.1. The first-order valence-corrected chi connectivity index (χ1v) is 14.1. The van der Waals surface area contributed by atoms with Crippen LogP contribution < -0.4 is 26.6 Å². The lowest BCUT2D eigenvalue weighted by Crippen LogP contribution is -2.66. The van der Waals surface area contributed by atoms with Gasteiger partial charge < -0.3 is 36.6 Å². The Labute approximate surface area is 241 Å². The van der Waals surface area contributed by atoms with E-state index < -0.39 is 29.4 Å². The number of carbonyl (C=O) groups excluding carboxylic acids is 5. The molecular formula is C26H43BN8O6. The van der Waals surface area contributed by atoms with Gasteiger partial charge in [0.1, 0.15) is 19.4 Å². The molecule has 0 saturated carbocycles. The Morgan fingerprint density at radius 3 is 2.27 bits per heavy atom. The van der Waals surface area contributed by atoms with Gasteiger partial charge >= 0.3 is 6.01 Å². The fourth-order valence-corrected chi connectivity index (χ4v) is 4.42. The molecule has 2 heterocycles. The number of hydrogen-bond acceptors (Lipinski definition) is 9. The van der Waals surface area contributed by atoms with E-state index in [-0.39, 0.29) is 42.2 Å². The van der Waals surface area contributed by atoms with Gasteiger partial charge in [0.15, 0.2) is 0 Å². The highest BCUT2D eigenvalue weighted by atomic mass is 16.3. The molecule has 6 N–H and O–H groups in total. The second-order valence-corrected chi connectivity index (χ2v) is 10.6. The molecule has 0 bridgehead atoms. The van der Waals surface area contributed by atoms with Gasteiger partial charge in [-0.25, -0.2) is 9.97 Å². The van der Waals surface area contributed by atoms with Gasteiger partial charge in [-0.2, -0.15) is 0 Å². The molecule has 1 atom stereocenters. The van der Waals surface area contributed by atoms with E-state index in [2.05, 4.69) is 41.5 Å². The number of likely N-dealkylation sites (tertiary alicyclic amines) is 1. The van der Waals surface area contributed by atoms with Crippen LogP contribution in [0, 0.1) is 5.92 Å². The highest BCUT2D eigenvalue weighted by Gasteiger charge is 2.43. The van der Waals surface area contributed by atoms with Crippen LogP contribution in [0.4, 0.5) is 0 Å². The third-order valence-corrected chi connectivity index (χ3v) is 6.95. The number of hydrogen-bond donors (Lipinski definition) is 6. The van der Waals surface area contributed by atoms with Crippen LogP contribution in [0.25, 0.3) is 0 Å². The van der Waals surface area contributed by atoms with Gasteiger partial charge in [0.2, 0.25) is 23.6 Å². The lowest BCUT2D eigenvalue weighted by atomic mass is 9.85. The maximum absolute atomic E-state index is 13.4. The average Bonchev–Trinajstić information content (AvgIpc) is 2.93. The van der Waals surface area contributed by atoms with E-state index in [9.17, 15) is 24.0 Å².